The molecule has 0 fully saturated rings. The van der Waals surface area contributed by atoms with Gasteiger partial charge in [-0.2, -0.15) is 0 Å². The van der Waals surface area contributed by atoms with E-state index in [1.165, 1.54) is 32.9 Å². The van der Waals surface area contributed by atoms with Crippen molar-refractivity contribution in [1.29, 1.82) is 0 Å². The monoisotopic (exact) mass is 408 g/mol. The summed E-state index contributed by atoms with van der Waals surface area (Å²) in [6, 6.07) is 9.64. The van der Waals surface area contributed by atoms with Crippen LogP contribution in [0.3, 0.4) is 0 Å². The predicted molar refractivity (Wildman–Crippen MR) is 110 cm³/mol. The number of carbonyl (C=O) groups excluding carboxylic acids is 3. The Morgan fingerprint density at radius 3 is 2.27 bits per heavy atom. The van der Waals surface area contributed by atoms with Crippen molar-refractivity contribution in [2.75, 3.05) is 10.6 Å². The van der Waals surface area contributed by atoms with Crippen molar-refractivity contribution in [2.45, 2.75) is 27.4 Å². The van der Waals surface area contributed by atoms with Gasteiger partial charge in [0.25, 0.3) is 0 Å². The number of amides is 2. The van der Waals surface area contributed by atoms with Crippen LogP contribution >= 0.6 is 0 Å². The lowest BCUT2D eigenvalue weighted by Crippen LogP contribution is -2.13. The van der Waals surface area contributed by atoms with E-state index in [4.69, 9.17) is 4.74 Å². The van der Waals surface area contributed by atoms with Crippen LogP contribution in [0.25, 0.3) is 0 Å². The van der Waals surface area contributed by atoms with E-state index in [-0.39, 0.29) is 35.0 Å². The van der Waals surface area contributed by atoms with Crippen LogP contribution in [0.4, 0.5) is 11.4 Å². The predicted octanol–water partition coefficient (Wildman–Crippen LogP) is 2.76. The summed E-state index contributed by atoms with van der Waals surface area (Å²) in [4.78, 5) is 45.7. The van der Waals surface area contributed by atoms with E-state index in [1.54, 1.807) is 24.3 Å². The van der Waals surface area contributed by atoms with Gasteiger partial charge >= 0.3 is 11.9 Å². The largest absolute Gasteiger partial charge is 0.478 e. The Kier molecular flexibility index (Phi) is 7.31. The Morgan fingerprint density at radius 2 is 1.67 bits per heavy atom. The molecule has 0 radical (unpaired) electrons. The summed E-state index contributed by atoms with van der Waals surface area (Å²) in [7, 11) is 0. The number of aromatic carboxylic acids is 1. The zero-order valence-electron chi connectivity index (χ0n) is 16.7. The molecule has 2 aromatic carbocycles. The highest BCUT2D eigenvalue weighted by Crippen LogP contribution is 2.26. The maximum Gasteiger partial charge on any atom is 0.337 e. The van der Waals surface area contributed by atoms with E-state index in [0.29, 0.717) is 5.56 Å². The van der Waals surface area contributed by atoms with Crippen LogP contribution < -0.4 is 10.6 Å². The molecule has 0 unspecified atom stereocenters. The topological polar surface area (TPSA) is 122 Å². The third kappa shape index (κ3) is 6.49. The van der Waals surface area contributed by atoms with E-state index in [9.17, 15) is 24.3 Å². The van der Waals surface area contributed by atoms with E-state index in [2.05, 4.69) is 22.5 Å². The van der Waals surface area contributed by atoms with Gasteiger partial charge in [-0.25, -0.2) is 4.79 Å². The Bertz CT molecular complexity index is 1080. The van der Waals surface area contributed by atoms with Crippen molar-refractivity contribution >= 4 is 35.1 Å². The quantitative estimate of drug-likeness (QED) is 0.517. The van der Waals surface area contributed by atoms with E-state index < -0.39 is 17.8 Å². The molecule has 0 saturated heterocycles. The van der Waals surface area contributed by atoms with Crippen LogP contribution in [-0.4, -0.2) is 28.9 Å². The number of esters is 1. The molecule has 0 aromatic heterocycles. The van der Waals surface area contributed by atoms with Gasteiger partial charge in [-0.15, -0.1) is 0 Å². The first-order valence-electron chi connectivity index (χ1n) is 8.86. The van der Waals surface area contributed by atoms with Crippen LogP contribution in [0.15, 0.2) is 36.4 Å². The Balaban J connectivity index is 2.52. The van der Waals surface area contributed by atoms with Crippen molar-refractivity contribution in [3.8, 4) is 11.8 Å². The summed E-state index contributed by atoms with van der Waals surface area (Å²) >= 11 is 0. The fourth-order valence-corrected chi connectivity index (χ4v) is 2.57. The van der Waals surface area contributed by atoms with Gasteiger partial charge in [0.15, 0.2) is 0 Å². The van der Waals surface area contributed by atoms with Gasteiger partial charge < -0.3 is 20.5 Å². The number of carboxylic acids is 1. The summed E-state index contributed by atoms with van der Waals surface area (Å²) in [5, 5.41) is 14.7. The zero-order valence-corrected chi connectivity index (χ0v) is 16.7. The van der Waals surface area contributed by atoms with Crippen LogP contribution in [0.1, 0.15) is 47.8 Å². The minimum atomic E-state index is -1.26. The molecule has 0 bridgehead atoms. The summed E-state index contributed by atoms with van der Waals surface area (Å²) in [5.41, 5.74) is 1.59. The summed E-state index contributed by atoms with van der Waals surface area (Å²) < 4.78 is 4.96. The van der Waals surface area contributed by atoms with Crippen molar-refractivity contribution in [3.05, 3.63) is 58.7 Å². The molecule has 0 spiro atoms. The minimum absolute atomic E-state index is 0.0911. The van der Waals surface area contributed by atoms with E-state index >= 15 is 0 Å². The molecule has 8 heteroatoms. The molecule has 30 heavy (non-hydrogen) atoms. The molecule has 0 aliphatic carbocycles. The van der Waals surface area contributed by atoms with E-state index in [0.717, 1.165) is 5.56 Å². The number of benzene rings is 2. The third-order valence-electron chi connectivity index (χ3n) is 3.70. The van der Waals surface area contributed by atoms with Crippen LogP contribution in [-0.2, 0) is 25.7 Å². The molecule has 0 saturated carbocycles. The molecule has 2 aromatic rings. The average Bonchev–Trinajstić information content (AvgIpc) is 2.64. The van der Waals surface area contributed by atoms with Gasteiger partial charge in [-0.05, 0) is 29.8 Å². The number of hydrogen-bond donors (Lipinski definition) is 3. The number of nitrogens with one attached hydrogen (secondary N) is 2. The molecule has 154 valence electrons. The van der Waals surface area contributed by atoms with Crippen LogP contribution in [0.5, 0.6) is 0 Å². The number of carbonyl (C=O) groups is 4. The Labute approximate surface area is 173 Å². The average molecular weight is 408 g/mol. The second-order valence-corrected chi connectivity index (χ2v) is 6.34. The Hall–Kier alpha value is -4.12. The molecule has 0 aliphatic rings. The summed E-state index contributed by atoms with van der Waals surface area (Å²) in [6.07, 6.45) is 0. The SMILES string of the molecule is CC(=O)Nc1cc(NC(C)=O)c(C#Cc2cccc(COC(C)=O)c2)c(C(=O)O)c1. The van der Waals surface area contributed by atoms with Crippen molar-refractivity contribution < 1.29 is 29.0 Å². The first kappa shape index (κ1) is 22.2. The van der Waals surface area contributed by atoms with Gasteiger partial charge in [0.05, 0.1) is 16.8 Å². The molecule has 8 nitrogen and oxygen atoms in total. The minimum Gasteiger partial charge on any atom is -0.478 e. The molecule has 0 aliphatic heterocycles. The number of ether oxygens (including phenoxy) is 1. The second kappa shape index (κ2) is 9.89. The second-order valence-electron chi connectivity index (χ2n) is 6.34. The van der Waals surface area contributed by atoms with Crippen molar-refractivity contribution in [3.63, 3.8) is 0 Å². The normalized spacial score (nSPS) is 9.70. The zero-order chi connectivity index (χ0) is 22.3. The van der Waals surface area contributed by atoms with Gasteiger partial charge in [-0.3, -0.25) is 14.4 Å². The van der Waals surface area contributed by atoms with Crippen LogP contribution in [0, 0.1) is 11.8 Å². The van der Waals surface area contributed by atoms with Crippen molar-refractivity contribution in [1.82, 2.24) is 0 Å². The lowest BCUT2D eigenvalue weighted by molar-refractivity contribution is -0.142. The molecular weight excluding hydrogens is 388 g/mol. The highest BCUT2D eigenvalue weighted by Gasteiger charge is 2.16. The number of hydrogen-bond acceptors (Lipinski definition) is 5. The van der Waals surface area contributed by atoms with Gasteiger partial charge in [0, 0.05) is 32.0 Å². The Morgan fingerprint density at radius 1 is 0.967 bits per heavy atom. The summed E-state index contributed by atoms with van der Waals surface area (Å²) in [6.45, 7) is 3.97. The fraction of sp³-hybridized carbons (Fsp3) is 0.182. The molecule has 0 atom stereocenters. The molecule has 2 rings (SSSR count). The van der Waals surface area contributed by atoms with Gasteiger partial charge in [-0.1, -0.05) is 24.0 Å². The molecule has 0 heterocycles. The first-order valence-corrected chi connectivity index (χ1v) is 8.86. The fourth-order valence-electron chi connectivity index (χ4n) is 2.57. The lowest BCUT2D eigenvalue weighted by Gasteiger charge is -2.12. The summed E-state index contributed by atoms with van der Waals surface area (Å²) in [5.74, 6) is 3.18. The van der Waals surface area contributed by atoms with E-state index in [1.807, 2.05) is 0 Å². The standard InChI is InChI=1S/C22H20N2O6/c1-13(25)23-18-10-20(22(28)29)19(21(11-18)24-14(2)26)8-7-16-5-4-6-17(9-16)12-30-15(3)27/h4-6,9-11H,12H2,1-3H3,(H,23,25)(H,24,26)(H,28,29). The maximum absolute atomic E-state index is 11.8. The number of anilines is 2. The van der Waals surface area contributed by atoms with Crippen LogP contribution in [0.2, 0.25) is 0 Å². The van der Waals surface area contributed by atoms with Crippen molar-refractivity contribution in [2.24, 2.45) is 0 Å². The first-order chi connectivity index (χ1) is 14.2. The number of rotatable bonds is 5. The highest BCUT2D eigenvalue weighted by molar-refractivity contribution is 6.00. The smallest absolute Gasteiger partial charge is 0.337 e. The maximum atomic E-state index is 11.8. The molecule has 2 amide bonds. The number of carboxylic acid groups (broad SMARTS) is 1. The molecular formula is C22H20N2O6. The molecule has 3 N–H and O–H groups in total. The third-order valence-corrected chi connectivity index (χ3v) is 3.70. The lowest BCUT2D eigenvalue weighted by atomic mass is 10.0. The van der Waals surface area contributed by atoms with Gasteiger partial charge in [0.1, 0.15) is 6.61 Å². The highest BCUT2D eigenvalue weighted by atomic mass is 16.5. The van der Waals surface area contributed by atoms with Gasteiger partial charge in [0.2, 0.25) is 11.8 Å².